The van der Waals surface area contributed by atoms with E-state index in [1.165, 1.54) is 38.5 Å². The van der Waals surface area contributed by atoms with Gasteiger partial charge in [-0.15, -0.1) is 0 Å². The molecule has 0 aromatic heterocycles. The minimum Gasteiger partial charge on any atom is -0.391 e. The summed E-state index contributed by atoms with van der Waals surface area (Å²) in [6.07, 6.45) is 12.9. The van der Waals surface area contributed by atoms with Crippen molar-refractivity contribution in [2.45, 2.75) is 44.3 Å². The maximum Gasteiger partial charge on any atom is 0.105 e. The van der Waals surface area contributed by atoms with Gasteiger partial charge in [0.05, 0.1) is 0 Å². The van der Waals surface area contributed by atoms with Gasteiger partial charge in [-0.2, -0.15) is 0 Å². The molecule has 0 aromatic rings. The number of likely N-dealkylation sites (N-methyl/N-ethyl adjacent to an activating group) is 1. The first-order chi connectivity index (χ1) is 9.16. The Kier molecular flexibility index (Phi) is 5.56. The Morgan fingerprint density at radius 1 is 1.37 bits per heavy atom. The van der Waals surface area contributed by atoms with Gasteiger partial charge in [-0.25, -0.2) is 0 Å². The van der Waals surface area contributed by atoms with Crippen LogP contribution in [-0.4, -0.2) is 39.9 Å². The van der Waals surface area contributed by atoms with Crippen LogP contribution in [0, 0.1) is 5.92 Å². The van der Waals surface area contributed by atoms with Crippen LogP contribution in [0.5, 0.6) is 0 Å². The molecule has 0 aromatic carbocycles. The van der Waals surface area contributed by atoms with Crippen molar-refractivity contribution in [1.82, 2.24) is 10.2 Å². The van der Waals surface area contributed by atoms with Crippen molar-refractivity contribution in [2.75, 3.05) is 27.2 Å². The highest BCUT2D eigenvalue weighted by molar-refractivity contribution is 6.11. The maximum absolute atomic E-state index is 3.43. The summed E-state index contributed by atoms with van der Waals surface area (Å²) in [5.74, 6) is 1.74. The highest BCUT2D eigenvalue weighted by Crippen LogP contribution is 2.38. The monoisotopic (exact) mass is 260 g/mol. The lowest BCUT2D eigenvalue weighted by Crippen LogP contribution is -2.21. The molecule has 2 rings (SSSR count). The van der Waals surface area contributed by atoms with Crippen LogP contribution in [0.1, 0.15) is 38.5 Å². The van der Waals surface area contributed by atoms with E-state index in [1.54, 1.807) is 11.1 Å². The lowest BCUT2D eigenvalue weighted by molar-refractivity contribution is 0.398. The van der Waals surface area contributed by atoms with Gasteiger partial charge >= 0.3 is 0 Å². The van der Waals surface area contributed by atoms with Gasteiger partial charge in [-0.05, 0) is 63.0 Å². The van der Waals surface area contributed by atoms with Crippen molar-refractivity contribution in [3.05, 3.63) is 23.4 Å². The smallest absolute Gasteiger partial charge is 0.105 e. The van der Waals surface area contributed by atoms with Gasteiger partial charge in [0.1, 0.15) is 7.85 Å². The highest BCUT2D eigenvalue weighted by atomic mass is 15.0. The number of nitrogens with one attached hydrogen (secondary N) is 1. The number of nitrogens with zero attached hydrogens (tertiary/aromatic N) is 1. The fraction of sp³-hybridized carbons (Fsp3) is 0.750. The predicted octanol–water partition coefficient (Wildman–Crippen LogP) is 2.35. The standard InChI is InChI=1S/C16H29BN2/c1-19(2)11-9-16(14-4-3-10-18-12-14)13-5-7-15(17)8-6-13/h9,12-13,15,18H,3-8,10-11,17H2,1-2H3/b16-9+. The summed E-state index contributed by atoms with van der Waals surface area (Å²) in [5, 5.41) is 3.43. The van der Waals surface area contributed by atoms with Gasteiger partial charge in [-0.1, -0.05) is 24.7 Å². The first-order valence-corrected chi connectivity index (χ1v) is 7.94. The molecule has 0 saturated heterocycles. The maximum atomic E-state index is 3.43. The average Bonchev–Trinajstić information content (AvgIpc) is 2.42. The number of allylic oxidation sites excluding steroid dienone is 2. The molecule has 1 fully saturated rings. The van der Waals surface area contributed by atoms with Crippen LogP contribution in [0.4, 0.5) is 0 Å². The Hall–Kier alpha value is -0.695. The van der Waals surface area contributed by atoms with Crippen LogP contribution in [0.2, 0.25) is 5.82 Å². The third-order valence-electron chi connectivity index (χ3n) is 4.55. The Morgan fingerprint density at radius 3 is 2.68 bits per heavy atom. The van der Waals surface area contributed by atoms with Crippen LogP contribution >= 0.6 is 0 Å². The Bertz CT molecular complexity index is 339. The predicted molar refractivity (Wildman–Crippen MR) is 86.2 cm³/mol. The summed E-state index contributed by atoms with van der Waals surface area (Å²) in [4.78, 5) is 2.27. The Balaban J connectivity index is 2.09. The summed E-state index contributed by atoms with van der Waals surface area (Å²) in [5.41, 5.74) is 3.22. The zero-order chi connectivity index (χ0) is 13.7. The Labute approximate surface area is 119 Å². The van der Waals surface area contributed by atoms with E-state index in [2.05, 4.69) is 44.4 Å². The van der Waals surface area contributed by atoms with E-state index in [1.807, 2.05) is 0 Å². The van der Waals surface area contributed by atoms with Crippen LogP contribution < -0.4 is 5.32 Å². The van der Waals surface area contributed by atoms with E-state index in [-0.39, 0.29) is 0 Å². The quantitative estimate of drug-likeness (QED) is 0.781. The minimum absolute atomic E-state index is 0.808. The number of rotatable bonds is 4. The summed E-state index contributed by atoms with van der Waals surface area (Å²) in [6.45, 7) is 2.21. The minimum atomic E-state index is 0.808. The zero-order valence-corrected chi connectivity index (χ0v) is 12.9. The van der Waals surface area contributed by atoms with Gasteiger partial charge in [0.2, 0.25) is 0 Å². The molecule has 2 nitrogen and oxygen atoms in total. The van der Waals surface area contributed by atoms with Gasteiger partial charge in [-0.3, -0.25) is 0 Å². The zero-order valence-electron chi connectivity index (χ0n) is 12.9. The van der Waals surface area contributed by atoms with Crippen LogP contribution in [0.15, 0.2) is 23.4 Å². The van der Waals surface area contributed by atoms with Crippen LogP contribution in [0.25, 0.3) is 0 Å². The molecule has 0 spiro atoms. The summed E-state index contributed by atoms with van der Waals surface area (Å²) in [7, 11) is 6.72. The fourth-order valence-electron chi connectivity index (χ4n) is 3.29. The second-order valence-corrected chi connectivity index (χ2v) is 6.61. The molecule has 1 N–H and O–H groups in total. The molecular formula is C16H29BN2. The van der Waals surface area contributed by atoms with Crippen molar-refractivity contribution in [2.24, 2.45) is 5.92 Å². The highest BCUT2D eigenvalue weighted by Gasteiger charge is 2.23. The second kappa shape index (κ2) is 7.18. The molecule has 0 bridgehead atoms. The number of hydrogen-bond donors (Lipinski definition) is 1. The lowest BCUT2D eigenvalue weighted by atomic mass is 9.69. The van der Waals surface area contributed by atoms with Gasteiger partial charge in [0.25, 0.3) is 0 Å². The lowest BCUT2D eigenvalue weighted by Gasteiger charge is -2.31. The number of hydrogen-bond acceptors (Lipinski definition) is 2. The fourth-order valence-corrected chi connectivity index (χ4v) is 3.29. The Morgan fingerprint density at radius 2 is 2.11 bits per heavy atom. The van der Waals surface area contributed by atoms with Crippen molar-refractivity contribution >= 4 is 7.85 Å². The molecule has 0 radical (unpaired) electrons. The van der Waals surface area contributed by atoms with E-state index in [0.29, 0.717) is 0 Å². The van der Waals surface area contributed by atoms with Crippen molar-refractivity contribution in [1.29, 1.82) is 0 Å². The van der Waals surface area contributed by atoms with Gasteiger partial charge < -0.3 is 10.2 Å². The van der Waals surface area contributed by atoms with Crippen molar-refractivity contribution in [3.8, 4) is 0 Å². The van der Waals surface area contributed by atoms with Gasteiger partial charge in [0, 0.05) is 13.1 Å². The molecule has 2 aliphatic rings. The molecule has 0 unspecified atom stereocenters. The van der Waals surface area contributed by atoms with Crippen molar-refractivity contribution < 1.29 is 0 Å². The molecule has 0 amide bonds. The molecule has 1 saturated carbocycles. The van der Waals surface area contributed by atoms with E-state index in [0.717, 1.165) is 24.8 Å². The third-order valence-corrected chi connectivity index (χ3v) is 4.55. The summed E-state index contributed by atoms with van der Waals surface area (Å²) >= 11 is 0. The topological polar surface area (TPSA) is 15.3 Å². The van der Waals surface area contributed by atoms with Crippen LogP contribution in [0.3, 0.4) is 0 Å². The summed E-state index contributed by atoms with van der Waals surface area (Å²) < 4.78 is 0. The first kappa shape index (κ1) is 14.7. The molecule has 1 heterocycles. The van der Waals surface area contributed by atoms with E-state index >= 15 is 0 Å². The molecule has 106 valence electrons. The summed E-state index contributed by atoms with van der Waals surface area (Å²) in [6, 6.07) is 0. The molecule has 1 aliphatic carbocycles. The molecular weight excluding hydrogens is 231 g/mol. The molecule has 0 atom stereocenters. The van der Waals surface area contributed by atoms with Crippen LogP contribution in [-0.2, 0) is 0 Å². The first-order valence-electron chi connectivity index (χ1n) is 7.94. The average molecular weight is 260 g/mol. The second-order valence-electron chi connectivity index (χ2n) is 6.61. The van der Waals surface area contributed by atoms with E-state index in [9.17, 15) is 0 Å². The molecule has 1 aliphatic heterocycles. The van der Waals surface area contributed by atoms with Crippen molar-refractivity contribution in [3.63, 3.8) is 0 Å². The largest absolute Gasteiger partial charge is 0.391 e. The molecule has 3 heteroatoms. The van der Waals surface area contributed by atoms with E-state index in [4.69, 9.17) is 0 Å². The van der Waals surface area contributed by atoms with Gasteiger partial charge in [0.15, 0.2) is 0 Å². The normalized spacial score (nSPS) is 29.0. The molecule has 19 heavy (non-hydrogen) atoms. The van der Waals surface area contributed by atoms with E-state index < -0.39 is 0 Å². The third kappa shape index (κ3) is 4.41. The SMILES string of the molecule is BC1CCC(/C(=C\CN(C)C)C2=CNCCC2)CC1.